The van der Waals surface area contributed by atoms with Crippen molar-refractivity contribution in [3.8, 4) is 0 Å². The molecule has 4 saturated carbocycles. The van der Waals surface area contributed by atoms with Crippen LogP contribution in [0, 0.1) is 66.8 Å². The molecule has 0 radical (unpaired) electrons. The molecule has 0 bridgehead atoms. The molecule has 0 amide bonds. The van der Waals surface area contributed by atoms with Crippen molar-refractivity contribution < 1.29 is 14.8 Å². The molecule has 0 heterocycles. The van der Waals surface area contributed by atoms with Crippen molar-refractivity contribution in [2.45, 2.75) is 99.3 Å². The normalized spacial score (nSPS) is 44.4. The molecule has 0 spiro atoms. The number of rotatable bonds is 4. The van der Waals surface area contributed by atoms with Gasteiger partial charge in [0.1, 0.15) is 0 Å². The molecular formula is C36H49NO4. The van der Waals surface area contributed by atoms with Gasteiger partial charge >= 0.3 is 5.97 Å². The minimum absolute atomic E-state index is 0.0380. The van der Waals surface area contributed by atoms with Crippen molar-refractivity contribution in [1.82, 2.24) is 0 Å². The van der Waals surface area contributed by atoms with Crippen molar-refractivity contribution in [1.29, 1.82) is 0 Å². The molecule has 0 saturated heterocycles. The van der Waals surface area contributed by atoms with Crippen LogP contribution in [0.15, 0.2) is 42.5 Å². The first-order valence-electron chi connectivity index (χ1n) is 16.0. The maximum atomic E-state index is 12.9. The van der Waals surface area contributed by atoms with Crippen molar-refractivity contribution >= 4 is 17.2 Å². The number of allylic oxidation sites excluding steroid dienone is 3. The van der Waals surface area contributed by atoms with Gasteiger partial charge in [-0.1, -0.05) is 52.8 Å². The minimum Gasteiger partial charge on any atom is -0.481 e. The van der Waals surface area contributed by atoms with Gasteiger partial charge in [-0.3, -0.25) is 14.9 Å². The largest absolute Gasteiger partial charge is 0.481 e. The number of fused-ring (bicyclic) bond motifs is 7. The van der Waals surface area contributed by atoms with E-state index in [4.69, 9.17) is 0 Å². The monoisotopic (exact) mass is 559 g/mol. The SMILES string of the molecule is C=C(C)[C@@H]1CC[C@]2(C(=O)O)CC[C@]3(C)[C@H](CC[C@@H]4[C@@]5(C)CC=C(c6ccc([N+](=O)[O-])cc6)C(C)(C)[C@@H]5CC[C@]43C)[C@@H]12. The second-order valence-corrected chi connectivity index (χ2v) is 16.0. The Bertz CT molecular complexity index is 1330. The van der Waals surface area contributed by atoms with E-state index in [0.717, 1.165) is 44.1 Å². The van der Waals surface area contributed by atoms with Gasteiger partial charge in [0.15, 0.2) is 0 Å². The van der Waals surface area contributed by atoms with Crippen molar-refractivity contribution in [2.75, 3.05) is 0 Å². The fourth-order valence-electron chi connectivity index (χ4n) is 12.4. The fourth-order valence-corrected chi connectivity index (χ4v) is 12.4. The smallest absolute Gasteiger partial charge is 0.309 e. The first-order chi connectivity index (χ1) is 19.1. The Hall–Kier alpha value is -2.43. The maximum absolute atomic E-state index is 12.9. The number of nitro benzene ring substituents is 1. The standard InChI is InChI=1S/C36H49NO4/c1-22(2)25-14-19-36(31(38)39)21-20-34(6)27(30(25)36)12-13-29-33(5)17-15-26(23-8-10-24(11-9-23)37(40)41)32(3,4)28(33)16-18-35(29,34)7/h8-11,15,25,27-30H,1,12-14,16-21H2,2-7H3,(H,38,39)/t25-,27+,28-,29+,30+,33-,34+,35+,36-/m0/s1. The predicted octanol–water partition coefficient (Wildman–Crippen LogP) is 9.33. The number of nitro groups is 1. The van der Waals surface area contributed by atoms with Crippen LogP contribution in [0.2, 0.25) is 0 Å². The molecule has 1 N–H and O–H groups in total. The quantitative estimate of drug-likeness (QED) is 0.226. The van der Waals surface area contributed by atoms with E-state index in [1.807, 2.05) is 12.1 Å². The molecule has 4 fully saturated rings. The number of hydrogen-bond donors (Lipinski definition) is 1. The zero-order valence-corrected chi connectivity index (χ0v) is 26.0. The number of nitrogens with zero attached hydrogens (tertiary/aromatic N) is 1. The maximum Gasteiger partial charge on any atom is 0.309 e. The Kier molecular flexibility index (Phi) is 6.32. The zero-order chi connectivity index (χ0) is 29.8. The lowest BCUT2D eigenvalue weighted by atomic mass is 9.32. The van der Waals surface area contributed by atoms with Crippen LogP contribution in [0.1, 0.15) is 105 Å². The highest BCUT2D eigenvalue weighted by molar-refractivity contribution is 5.76. The summed E-state index contributed by atoms with van der Waals surface area (Å²) in [5, 5.41) is 21.9. The van der Waals surface area contributed by atoms with Crippen LogP contribution >= 0.6 is 0 Å². The Labute approximate surface area is 246 Å². The molecule has 0 aliphatic heterocycles. The second kappa shape index (κ2) is 9.04. The molecule has 5 aliphatic carbocycles. The van der Waals surface area contributed by atoms with E-state index in [9.17, 15) is 20.0 Å². The number of hydrogen-bond acceptors (Lipinski definition) is 3. The van der Waals surface area contributed by atoms with E-state index < -0.39 is 11.4 Å². The number of carbonyl (C=O) groups is 1. The fraction of sp³-hybridized carbons (Fsp3) is 0.694. The van der Waals surface area contributed by atoms with Gasteiger partial charge in [0.25, 0.3) is 5.69 Å². The van der Waals surface area contributed by atoms with Crippen LogP contribution in [0.4, 0.5) is 5.69 Å². The second-order valence-electron chi connectivity index (χ2n) is 16.0. The molecule has 9 atom stereocenters. The van der Waals surface area contributed by atoms with Crippen molar-refractivity contribution in [2.24, 2.45) is 56.7 Å². The van der Waals surface area contributed by atoms with E-state index >= 15 is 0 Å². The minimum atomic E-state index is -0.576. The predicted molar refractivity (Wildman–Crippen MR) is 163 cm³/mol. The Morgan fingerprint density at radius 1 is 0.927 bits per heavy atom. The van der Waals surface area contributed by atoms with Crippen LogP contribution in [0.3, 0.4) is 0 Å². The summed E-state index contributed by atoms with van der Waals surface area (Å²) in [4.78, 5) is 23.8. The average Bonchev–Trinajstić information content (AvgIpc) is 3.30. The highest BCUT2D eigenvalue weighted by Crippen LogP contribution is 2.77. The van der Waals surface area contributed by atoms with Crippen molar-refractivity contribution in [3.05, 3.63) is 58.2 Å². The number of non-ortho nitro benzene ring substituents is 1. The summed E-state index contributed by atoms with van der Waals surface area (Å²) < 4.78 is 0. The third-order valence-corrected chi connectivity index (χ3v) is 14.5. The lowest BCUT2D eigenvalue weighted by molar-refractivity contribution is -0.384. The van der Waals surface area contributed by atoms with Crippen LogP contribution in [0.25, 0.3) is 5.57 Å². The summed E-state index contributed by atoms with van der Waals surface area (Å²) in [5.74, 6) is 1.51. The lowest BCUT2D eigenvalue weighted by Crippen LogP contribution is -2.65. The Morgan fingerprint density at radius 3 is 2.22 bits per heavy atom. The molecule has 6 rings (SSSR count). The number of carboxylic acids is 1. The van der Waals surface area contributed by atoms with Crippen LogP contribution in [-0.4, -0.2) is 16.0 Å². The molecule has 41 heavy (non-hydrogen) atoms. The van der Waals surface area contributed by atoms with Gasteiger partial charge in [0.05, 0.1) is 10.3 Å². The highest BCUT2D eigenvalue weighted by Gasteiger charge is 2.71. The molecule has 5 nitrogen and oxygen atoms in total. The van der Waals surface area contributed by atoms with Gasteiger partial charge in [-0.2, -0.15) is 0 Å². The van der Waals surface area contributed by atoms with Crippen LogP contribution in [-0.2, 0) is 4.79 Å². The van der Waals surface area contributed by atoms with Crippen LogP contribution < -0.4 is 0 Å². The Morgan fingerprint density at radius 2 is 1.61 bits per heavy atom. The van der Waals surface area contributed by atoms with Gasteiger partial charge in [-0.25, -0.2) is 0 Å². The summed E-state index contributed by atoms with van der Waals surface area (Å²) >= 11 is 0. The third-order valence-electron chi connectivity index (χ3n) is 14.5. The highest BCUT2D eigenvalue weighted by atomic mass is 16.6. The molecule has 1 aromatic carbocycles. The van der Waals surface area contributed by atoms with Crippen molar-refractivity contribution in [3.63, 3.8) is 0 Å². The molecule has 222 valence electrons. The molecule has 5 aliphatic rings. The van der Waals surface area contributed by atoms with E-state index in [1.54, 1.807) is 12.1 Å². The first kappa shape index (κ1) is 28.7. The summed E-state index contributed by atoms with van der Waals surface area (Å²) in [6.45, 7) is 19.0. The van der Waals surface area contributed by atoms with E-state index in [2.05, 4.69) is 54.2 Å². The zero-order valence-electron chi connectivity index (χ0n) is 26.0. The summed E-state index contributed by atoms with van der Waals surface area (Å²) in [7, 11) is 0. The molecular weight excluding hydrogens is 510 g/mol. The average molecular weight is 560 g/mol. The molecule has 0 aromatic heterocycles. The number of benzene rings is 1. The summed E-state index contributed by atoms with van der Waals surface area (Å²) in [5.41, 5.74) is 3.61. The first-order valence-corrected chi connectivity index (χ1v) is 16.0. The number of aliphatic carboxylic acids is 1. The van der Waals surface area contributed by atoms with E-state index in [1.165, 1.54) is 30.4 Å². The topological polar surface area (TPSA) is 80.4 Å². The van der Waals surface area contributed by atoms with Gasteiger partial charge in [0, 0.05) is 12.1 Å². The molecule has 1 aromatic rings. The summed E-state index contributed by atoms with van der Waals surface area (Å²) in [6, 6.07) is 7.15. The summed E-state index contributed by atoms with van der Waals surface area (Å²) in [6.07, 6.45) is 11.8. The van der Waals surface area contributed by atoms with E-state index in [-0.39, 0.29) is 38.2 Å². The van der Waals surface area contributed by atoms with Gasteiger partial charge in [-0.05, 0) is 139 Å². The van der Waals surface area contributed by atoms with Gasteiger partial charge < -0.3 is 5.11 Å². The van der Waals surface area contributed by atoms with Crippen LogP contribution in [0.5, 0.6) is 0 Å². The third kappa shape index (κ3) is 3.62. The molecule has 5 heteroatoms. The molecule has 0 unspecified atom stereocenters. The Balaban J connectivity index is 1.37. The van der Waals surface area contributed by atoms with Gasteiger partial charge in [-0.15, -0.1) is 0 Å². The lowest BCUT2D eigenvalue weighted by Gasteiger charge is -2.72. The van der Waals surface area contributed by atoms with Gasteiger partial charge in [0.2, 0.25) is 0 Å². The van der Waals surface area contributed by atoms with E-state index in [0.29, 0.717) is 23.7 Å². The number of carboxylic acid groups (broad SMARTS) is 1.